The summed E-state index contributed by atoms with van der Waals surface area (Å²) >= 11 is 0. The van der Waals surface area contributed by atoms with Gasteiger partial charge in [-0.05, 0) is 25.2 Å². The lowest BCUT2D eigenvalue weighted by Crippen LogP contribution is -2.26. The van der Waals surface area contributed by atoms with Gasteiger partial charge in [0, 0.05) is 0 Å². The van der Waals surface area contributed by atoms with Crippen LogP contribution in [0.5, 0.6) is 0 Å². The molecule has 0 amide bonds. The third-order valence-electron chi connectivity index (χ3n) is 4.69. The van der Waals surface area contributed by atoms with Crippen LogP contribution >= 0.6 is 0 Å². The minimum Gasteiger partial charge on any atom is -0.465 e. The molecule has 0 aromatic heterocycles. The molecule has 0 bridgehead atoms. The van der Waals surface area contributed by atoms with Gasteiger partial charge in [-0.25, -0.2) is 4.79 Å². The SMILES string of the molecule is CCCCCCOC(=O)C1=CC=CC(C)CC1C(=O)OCCCCCC. The molecule has 0 radical (unpaired) electrons. The van der Waals surface area contributed by atoms with Crippen LogP contribution in [-0.4, -0.2) is 25.2 Å². The summed E-state index contributed by atoms with van der Waals surface area (Å²) < 4.78 is 10.9. The molecule has 26 heavy (non-hydrogen) atoms. The lowest BCUT2D eigenvalue weighted by atomic mass is 9.91. The first-order chi connectivity index (χ1) is 12.6. The molecule has 0 spiro atoms. The third kappa shape index (κ3) is 8.68. The first-order valence-electron chi connectivity index (χ1n) is 10.3. The number of hydrogen-bond donors (Lipinski definition) is 0. The fraction of sp³-hybridized carbons (Fsp3) is 0.727. The second-order valence-electron chi connectivity index (χ2n) is 7.20. The van der Waals surface area contributed by atoms with Crippen molar-refractivity contribution in [2.75, 3.05) is 13.2 Å². The quantitative estimate of drug-likeness (QED) is 0.345. The van der Waals surface area contributed by atoms with Gasteiger partial charge in [-0.1, -0.05) is 77.5 Å². The van der Waals surface area contributed by atoms with Gasteiger partial charge in [-0.15, -0.1) is 0 Å². The summed E-state index contributed by atoms with van der Waals surface area (Å²) in [6.45, 7) is 7.18. The van der Waals surface area contributed by atoms with Gasteiger partial charge in [0.05, 0.1) is 24.7 Å². The van der Waals surface area contributed by atoms with Crippen molar-refractivity contribution in [3.63, 3.8) is 0 Å². The number of carbonyl (C=O) groups is 2. The summed E-state index contributed by atoms with van der Waals surface area (Å²) in [5, 5.41) is 0. The number of carbonyl (C=O) groups excluding carboxylic acids is 2. The molecule has 0 aromatic rings. The van der Waals surface area contributed by atoms with Crippen molar-refractivity contribution < 1.29 is 19.1 Å². The van der Waals surface area contributed by atoms with E-state index in [4.69, 9.17) is 9.47 Å². The van der Waals surface area contributed by atoms with Crippen LogP contribution in [0.25, 0.3) is 0 Å². The Morgan fingerprint density at radius 1 is 0.962 bits per heavy atom. The Kier molecular flexibility index (Phi) is 11.7. The summed E-state index contributed by atoms with van der Waals surface area (Å²) in [6, 6.07) is 0. The summed E-state index contributed by atoms with van der Waals surface area (Å²) in [4.78, 5) is 25.0. The summed E-state index contributed by atoms with van der Waals surface area (Å²) in [6.07, 6.45) is 14.6. The molecule has 0 saturated heterocycles. The zero-order valence-electron chi connectivity index (χ0n) is 16.8. The predicted molar refractivity (Wildman–Crippen MR) is 105 cm³/mol. The predicted octanol–water partition coefficient (Wildman–Crippen LogP) is 5.37. The number of hydrogen-bond acceptors (Lipinski definition) is 4. The Morgan fingerprint density at radius 3 is 2.19 bits per heavy atom. The molecular weight excluding hydrogens is 328 g/mol. The highest BCUT2D eigenvalue weighted by Crippen LogP contribution is 2.27. The molecule has 0 saturated carbocycles. The normalized spacial score (nSPS) is 19.6. The topological polar surface area (TPSA) is 52.6 Å². The number of rotatable bonds is 12. The number of ether oxygens (including phenoxy) is 2. The van der Waals surface area contributed by atoms with Gasteiger partial charge in [-0.2, -0.15) is 0 Å². The number of allylic oxidation sites excluding steroid dienone is 3. The minimum absolute atomic E-state index is 0.221. The average Bonchev–Trinajstić information content (AvgIpc) is 2.82. The van der Waals surface area contributed by atoms with Crippen LogP contribution in [0.1, 0.15) is 78.6 Å². The van der Waals surface area contributed by atoms with Gasteiger partial charge in [0.15, 0.2) is 0 Å². The molecule has 148 valence electrons. The largest absolute Gasteiger partial charge is 0.465 e. The lowest BCUT2D eigenvalue weighted by molar-refractivity contribution is -0.151. The molecule has 0 fully saturated rings. The highest BCUT2D eigenvalue weighted by molar-refractivity contribution is 5.96. The van der Waals surface area contributed by atoms with Crippen molar-refractivity contribution in [1.82, 2.24) is 0 Å². The Morgan fingerprint density at radius 2 is 1.58 bits per heavy atom. The molecule has 4 nitrogen and oxygen atoms in total. The Labute approximate surface area is 159 Å². The van der Waals surface area contributed by atoms with Crippen molar-refractivity contribution in [1.29, 1.82) is 0 Å². The molecule has 0 heterocycles. The summed E-state index contributed by atoms with van der Waals surface area (Å²) in [7, 11) is 0. The van der Waals surface area contributed by atoms with Crippen LogP contribution < -0.4 is 0 Å². The van der Waals surface area contributed by atoms with Gasteiger partial charge in [-0.3, -0.25) is 4.79 Å². The molecule has 2 atom stereocenters. The van der Waals surface area contributed by atoms with Crippen molar-refractivity contribution >= 4 is 11.9 Å². The highest BCUT2D eigenvalue weighted by atomic mass is 16.5. The van der Waals surface area contributed by atoms with E-state index in [2.05, 4.69) is 13.8 Å². The van der Waals surface area contributed by atoms with E-state index >= 15 is 0 Å². The minimum atomic E-state index is -0.533. The molecule has 4 heteroatoms. The van der Waals surface area contributed by atoms with Crippen LogP contribution in [0.2, 0.25) is 0 Å². The van der Waals surface area contributed by atoms with Crippen molar-refractivity contribution in [3.8, 4) is 0 Å². The zero-order chi connectivity index (χ0) is 19.2. The van der Waals surface area contributed by atoms with Gasteiger partial charge >= 0.3 is 11.9 Å². The maximum atomic E-state index is 12.6. The maximum Gasteiger partial charge on any atom is 0.334 e. The Bertz CT molecular complexity index is 479. The summed E-state index contributed by atoms with van der Waals surface area (Å²) in [5.74, 6) is -0.993. The molecule has 1 rings (SSSR count). The van der Waals surface area contributed by atoms with E-state index in [9.17, 15) is 9.59 Å². The average molecular weight is 365 g/mol. The second-order valence-corrected chi connectivity index (χ2v) is 7.20. The fourth-order valence-electron chi connectivity index (χ4n) is 3.06. The van der Waals surface area contributed by atoms with Crippen molar-refractivity contribution in [2.45, 2.75) is 78.6 Å². The van der Waals surface area contributed by atoms with Crippen LogP contribution in [-0.2, 0) is 19.1 Å². The first kappa shape index (κ1) is 22.5. The van der Waals surface area contributed by atoms with E-state index in [1.807, 2.05) is 19.1 Å². The van der Waals surface area contributed by atoms with Gasteiger partial charge in [0.1, 0.15) is 0 Å². The standard InChI is InChI=1S/C22H36O4/c1-4-6-8-10-15-25-21(23)19-14-12-13-18(3)17-20(19)22(24)26-16-11-9-7-5-2/h12-14,18,20H,4-11,15-17H2,1-3H3. The van der Waals surface area contributed by atoms with E-state index in [0.717, 1.165) is 51.4 Å². The fourth-order valence-corrected chi connectivity index (χ4v) is 3.06. The molecule has 2 unspecified atom stereocenters. The summed E-state index contributed by atoms with van der Waals surface area (Å²) in [5.41, 5.74) is 0.430. The molecule has 1 aliphatic rings. The monoisotopic (exact) mass is 364 g/mol. The van der Waals surface area contributed by atoms with Gasteiger partial charge in [0.25, 0.3) is 0 Å². The van der Waals surface area contributed by atoms with E-state index in [1.54, 1.807) is 6.08 Å². The van der Waals surface area contributed by atoms with Crippen LogP contribution in [0.15, 0.2) is 23.8 Å². The number of esters is 2. The molecule has 0 aliphatic heterocycles. The molecule has 1 aliphatic carbocycles. The van der Waals surface area contributed by atoms with E-state index in [-0.39, 0.29) is 17.9 Å². The number of unbranched alkanes of at least 4 members (excludes halogenated alkanes) is 6. The maximum absolute atomic E-state index is 12.6. The van der Waals surface area contributed by atoms with Crippen molar-refractivity contribution in [2.24, 2.45) is 11.8 Å². The second kappa shape index (κ2) is 13.6. The van der Waals surface area contributed by atoms with E-state index in [0.29, 0.717) is 25.2 Å². The van der Waals surface area contributed by atoms with Crippen LogP contribution in [0.3, 0.4) is 0 Å². The lowest BCUT2D eigenvalue weighted by Gasteiger charge is -2.19. The van der Waals surface area contributed by atoms with Gasteiger partial charge in [0.2, 0.25) is 0 Å². The zero-order valence-corrected chi connectivity index (χ0v) is 16.8. The molecule has 0 N–H and O–H groups in total. The molecular formula is C22H36O4. The molecule has 0 aromatic carbocycles. The van der Waals surface area contributed by atoms with Crippen LogP contribution in [0.4, 0.5) is 0 Å². The van der Waals surface area contributed by atoms with Gasteiger partial charge < -0.3 is 9.47 Å². The third-order valence-corrected chi connectivity index (χ3v) is 4.69. The first-order valence-corrected chi connectivity index (χ1v) is 10.3. The van der Waals surface area contributed by atoms with Crippen molar-refractivity contribution in [3.05, 3.63) is 23.8 Å². The highest BCUT2D eigenvalue weighted by Gasteiger charge is 2.31. The Balaban J connectivity index is 2.57. The Hall–Kier alpha value is -1.58. The smallest absolute Gasteiger partial charge is 0.334 e. The van der Waals surface area contributed by atoms with E-state index < -0.39 is 5.92 Å². The van der Waals surface area contributed by atoms with E-state index in [1.165, 1.54) is 0 Å². The van der Waals surface area contributed by atoms with Crippen LogP contribution in [0, 0.1) is 11.8 Å².